The van der Waals surface area contributed by atoms with Crippen LogP contribution in [0.4, 0.5) is 11.6 Å². The zero-order valence-electron chi connectivity index (χ0n) is 18.6. The minimum atomic E-state index is 0.522. The Labute approximate surface area is 194 Å². The van der Waals surface area contributed by atoms with Gasteiger partial charge in [0.1, 0.15) is 0 Å². The lowest BCUT2D eigenvalue weighted by molar-refractivity contribution is 0.372. The molecule has 6 nitrogen and oxygen atoms in total. The van der Waals surface area contributed by atoms with Gasteiger partial charge < -0.3 is 16.4 Å². The van der Waals surface area contributed by atoms with Crippen LogP contribution in [0.2, 0.25) is 0 Å². The first-order valence-electron chi connectivity index (χ1n) is 11.4. The van der Waals surface area contributed by atoms with Crippen LogP contribution in [0, 0.1) is 5.92 Å². The van der Waals surface area contributed by atoms with Crippen molar-refractivity contribution in [1.29, 1.82) is 0 Å². The SMILES string of the molecule is C=C(Nc1ncc2ccc(-c3cncc(N)c3)cc2n1)c1ccc(CC2CCNCC2)cc1. The van der Waals surface area contributed by atoms with E-state index in [4.69, 9.17) is 10.7 Å². The summed E-state index contributed by atoms with van der Waals surface area (Å²) in [6, 6.07) is 16.6. The van der Waals surface area contributed by atoms with Gasteiger partial charge in [-0.25, -0.2) is 9.97 Å². The van der Waals surface area contributed by atoms with Crippen molar-refractivity contribution in [1.82, 2.24) is 20.3 Å². The summed E-state index contributed by atoms with van der Waals surface area (Å²) in [5.41, 5.74) is 12.5. The Bertz CT molecular complexity index is 1280. The second-order valence-electron chi connectivity index (χ2n) is 8.67. The Morgan fingerprint density at radius 1 is 1.00 bits per heavy atom. The molecule has 33 heavy (non-hydrogen) atoms. The van der Waals surface area contributed by atoms with E-state index in [1.807, 2.05) is 30.5 Å². The molecule has 166 valence electrons. The first kappa shape index (κ1) is 21.1. The monoisotopic (exact) mass is 436 g/mol. The van der Waals surface area contributed by atoms with Gasteiger partial charge in [0.2, 0.25) is 5.95 Å². The molecule has 6 heteroatoms. The first-order chi connectivity index (χ1) is 16.1. The number of nitrogen functional groups attached to an aromatic ring is 1. The molecule has 0 atom stereocenters. The van der Waals surface area contributed by atoms with E-state index in [1.165, 1.54) is 18.4 Å². The second kappa shape index (κ2) is 9.38. The summed E-state index contributed by atoms with van der Waals surface area (Å²) in [5, 5.41) is 7.66. The number of rotatable bonds is 6. The molecule has 1 saturated heterocycles. The number of pyridine rings is 1. The molecule has 0 radical (unpaired) electrons. The van der Waals surface area contributed by atoms with Crippen molar-refractivity contribution in [3.8, 4) is 11.1 Å². The van der Waals surface area contributed by atoms with E-state index in [9.17, 15) is 0 Å². The molecule has 0 saturated carbocycles. The third-order valence-electron chi connectivity index (χ3n) is 6.22. The van der Waals surface area contributed by atoms with Crippen LogP contribution in [-0.2, 0) is 6.42 Å². The van der Waals surface area contributed by atoms with E-state index in [-0.39, 0.29) is 0 Å². The van der Waals surface area contributed by atoms with Crippen LogP contribution in [0.5, 0.6) is 0 Å². The highest BCUT2D eigenvalue weighted by atomic mass is 15.1. The van der Waals surface area contributed by atoms with Crippen molar-refractivity contribution < 1.29 is 0 Å². The van der Waals surface area contributed by atoms with Gasteiger partial charge in [-0.15, -0.1) is 0 Å². The zero-order chi connectivity index (χ0) is 22.6. The van der Waals surface area contributed by atoms with Crippen molar-refractivity contribution in [2.24, 2.45) is 5.92 Å². The molecule has 0 spiro atoms. The van der Waals surface area contributed by atoms with Gasteiger partial charge in [-0.3, -0.25) is 4.98 Å². The summed E-state index contributed by atoms with van der Waals surface area (Å²) in [5.74, 6) is 1.30. The number of benzene rings is 2. The number of hydrogen-bond acceptors (Lipinski definition) is 6. The molecule has 5 rings (SSSR count). The summed E-state index contributed by atoms with van der Waals surface area (Å²) in [6.45, 7) is 6.46. The van der Waals surface area contributed by atoms with Crippen LogP contribution in [0.3, 0.4) is 0 Å². The Morgan fingerprint density at radius 2 is 1.82 bits per heavy atom. The largest absolute Gasteiger partial charge is 0.397 e. The fourth-order valence-corrected chi connectivity index (χ4v) is 4.35. The summed E-state index contributed by atoms with van der Waals surface area (Å²) >= 11 is 0. The molecule has 4 aromatic rings. The molecule has 0 unspecified atom stereocenters. The number of piperidine rings is 1. The van der Waals surface area contributed by atoms with E-state index in [0.717, 1.165) is 58.7 Å². The van der Waals surface area contributed by atoms with Crippen molar-refractivity contribution in [2.75, 3.05) is 24.1 Å². The highest BCUT2D eigenvalue weighted by molar-refractivity contribution is 5.85. The Hall–Kier alpha value is -3.77. The van der Waals surface area contributed by atoms with Gasteiger partial charge >= 0.3 is 0 Å². The topological polar surface area (TPSA) is 88.8 Å². The molecule has 1 fully saturated rings. The number of nitrogens with one attached hydrogen (secondary N) is 2. The summed E-state index contributed by atoms with van der Waals surface area (Å²) in [6.07, 6.45) is 8.91. The van der Waals surface area contributed by atoms with Crippen molar-refractivity contribution in [3.05, 3.63) is 84.8 Å². The fourth-order valence-electron chi connectivity index (χ4n) is 4.35. The lowest BCUT2D eigenvalue weighted by atomic mass is 9.90. The van der Waals surface area contributed by atoms with Gasteiger partial charge in [-0.1, -0.05) is 43.0 Å². The van der Waals surface area contributed by atoms with E-state index in [1.54, 1.807) is 12.4 Å². The maximum Gasteiger partial charge on any atom is 0.227 e. The minimum absolute atomic E-state index is 0.522. The van der Waals surface area contributed by atoms with E-state index >= 15 is 0 Å². The predicted molar refractivity (Wildman–Crippen MR) is 136 cm³/mol. The molecule has 3 heterocycles. The molecule has 0 amide bonds. The molecule has 1 aliphatic rings. The minimum Gasteiger partial charge on any atom is -0.397 e. The van der Waals surface area contributed by atoms with Gasteiger partial charge in [0.15, 0.2) is 0 Å². The number of nitrogens with two attached hydrogens (primary N) is 1. The molecule has 2 aromatic carbocycles. The average Bonchev–Trinajstić information content (AvgIpc) is 2.85. The van der Waals surface area contributed by atoms with E-state index in [0.29, 0.717) is 11.6 Å². The van der Waals surface area contributed by atoms with Crippen LogP contribution in [-0.4, -0.2) is 28.0 Å². The zero-order valence-corrected chi connectivity index (χ0v) is 18.6. The number of aromatic nitrogens is 3. The summed E-state index contributed by atoms with van der Waals surface area (Å²) in [4.78, 5) is 13.4. The Balaban J connectivity index is 1.30. The number of fused-ring (bicyclic) bond motifs is 1. The van der Waals surface area contributed by atoms with Crippen molar-refractivity contribution >= 4 is 28.2 Å². The summed E-state index contributed by atoms with van der Waals surface area (Å²) in [7, 11) is 0. The highest BCUT2D eigenvalue weighted by Gasteiger charge is 2.13. The fraction of sp³-hybridized carbons (Fsp3) is 0.222. The Kier molecular flexibility index (Phi) is 6.00. The standard InChI is InChI=1S/C27H28N6/c1-18(21-4-2-19(3-5-21)12-20-8-10-29-11-9-20)32-27-31-16-23-7-6-22(14-26(23)33-27)24-13-25(28)17-30-15-24/h2-7,13-17,20,29H,1,8-12,28H2,(H,31,32,33). The number of anilines is 2. The van der Waals surface area contributed by atoms with E-state index < -0.39 is 0 Å². The van der Waals surface area contributed by atoms with Crippen LogP contribution in [0.15, 0.2) is 73.7 Å². The molecule has 1 aliphatic heterocycles. The molecule has 0 bridgehead atoms. The number of hydrogen-bond donors (Lipinski definition) is 3. The van der Waals surface area contributed by atoms with Gasteiger partial charge in [0.25, 0.3) is 0 Å². The normalized spacial score (nSPS) is 14.3. The Morgan fingerprint density at radius 3 is 2.61 bits per heavy atom. The van der Waals surface area contributed by atoms with Crippen LogP contribution in [0.25, 0.3) is 27.7 Å². The van der Waals surface area contributed by atoms with Gasteiger partial charge in [0.05, 0.1) is 11.2 Å². The predicted octanol–water partition coefficient (Wildman–Crippen LogP) is 4.90. The van der Waals surface area contributed by atoms with Crippen LogP contribution < -0.4 is 16.4 Å². The smallest absolute Gasteiger partial charge is 0.227 e. The third kappa shape index (κ3) is 5.02. The molecular weight excluding hydrogens is 408 g/mol. The third-order valence-corrected chi connectivity index (χ3v) is 6.22. The molecule has 2 aromatic heterocycles. The van der Waals surface area contributed by atoms with E-state index in [2.05, 4.69) is 51.4 Å². The van der Waals surface area contributed by atoms with Gasteiger partial charge in [-0.2, -0.15) is 0 Å². The first-order valence-corrected chi connectivity index (χ1v) is 11.4. The highest BCUT2D eigenvalue weighted by Crippen LogP contribution is 2.25. The quantitative estimate of drug-likeness (QED) is 0.398. The lowest BCUT2D eigenvalue weighted by Crippen LogP contribution is -2.28. The van der Waals surface area contributed by atoms with Crippen molar-refractivity contribution in [2.45, 2.75) is 19.3 Å². The van der Waals surface area contributed by atoms with Gasteiger partial charge in [-0.05, 0) is 67.1 Å². The molecule has 4 N–H and O–H groups in total. The summed E-state index contributed by atoms with van der Waals surface area (Å²) < 4.78 is 0. The average molecular weight is 437 g/mol. The lowest BCUT2D eigenvalue weighted by Gasteiger charge is -2.22. The van der Waals surface area contributed by atoms with Crippen molar-refractivity contribution in [3.63, 3.8) is 0 Å². The maximum absolute atomic E-state index is 5.89. The second-order valence-corrected chi connectivity index (χ2v) is 8.67. The number of nitrogens with zero attached hydrogens (tertiary/aromatic N) is 3. The molecular formula is C27H28N6. The van der Waals surface area contributed by atoms with Crippen LogP contribution >= 0.6 is 0 Å². The maximum atomic E-state index is 5.89. The van der Waals surface area contributed by atoms with Gasteiger partial charge in [0, 0.05) is 35.2 Å². The van der Waals surface area contributed by atoms with Crippen LogP contribution in [0.1, 0.15) is 24.0 Å². The molecule has 0 aliphatic carbocycles.